The first-order chi connectivity index (χ1) is 27.8. The third-order valence-corrected chi connectivity index (χ3v) is 12.6. The molecule has 256 valence electrons. The first-order valence-corrected chi connectivity index (χ1v) is 19.5. The van der Waals surface area contributed by atoms with E-state index >= 15 is 0 Å². The Bertz CT molecular complexity index is 3410. The number of hydrogen-bond acceptors (Lipinski definition) is 1. The van der Waals surface area contributed by atoms with Gasteiger partial charge in [-0.25, -0.2) is 0 Å². The van der Waals surface area contributed by atoms with Gasteiger partial charge < -0.3 is 0 Å². The second-order valence-electron chi connectivity index (χ2n) is 15.3. The van der Waals surface area contributed by atoms with Crippen molar-refractivity contribution >= 4 is 54.0 Å². The fourth-order valence-electron chi connectivity index (χ4n) is 10.4. The van der Waals surface area contributed by atoms with Gasteiger partial charge in [-0.05, 0) is 128 Å². The van der Waals surface area contributed by atoms with E-state index < -0.39 is 0 Å². The van der Waals surface area contributed by atoms with E-state index in [1.807, 2.05) is 6.20 Å². The van der Waals surface area contributed by atoms with Crippen molar-refractivity contribution in [3.8, 4) is 77.9 Å². The van der Waals surface area contributed by atoms with Crippen LogP contribution < -0.4 is 0 Å². The summed E-state index contributed by atoms with van der Waals surface area (Å²) in [5, 5.41) is 11.6. The van der Waals surface area contributed by atoms with Gasteiger partial charge in [-0.2, -0.15) is 0 Å². The summed E-state index contributed by atoms with van der Waals surface area (Å²) in [4.78, 5) is 5.13. The highest BCUT2D eigenvalue weighted by molar-refractivity contribution is 6.31. The number of benzene rings is 10. The molecule has 56 heavy (non-hydrogen) atoms. The van der Waals surface area contributed by atoms with Crippen molar-refractivity contribution < 1.29 is 0 Å². The Kier molecular flexibility index (Phi) is 5.95. The van der Waals surface area contributed by atoms with Crippen LogP contribution in [-0.4, -0.2) is 4.98 Å². The summed E-state index contributed by atoms with van der Waals surface area (Å²) in [6, 6.07) is 67.5. The molecule has 0 unspecified atom stereocenters. The zero-order valence-electron chi connectivity index (χ0n) is 30.3. The summed E-state index contributed by atoms with van der Waals surface area (Å²) in [6.07, 6.45) is 1.94. The number of pyridine rings is 1. The summed E-state index contributed by atoms with van der Waals surface area (Å²) in [5.74, 6) is 0. The van der Waals surface area contributed by atoms with E-state index in [0.717, 1.165) is 5.52 Å². The van der Waals surface area contributed by atoms with E-state index in [9.17, 15) is 0 Å². The van der Waals surface area contributed by atoms with Gasteiger partial charge in [-0.1, -0.05) is 164 Å². The predicted molar refractivity (Wildman–Crippen MR) is 237 cm³/mol. The lowest BCUT2D eigenvalue weighted by molar-refractivity contribution is 1.41. The van der Waals surface area contributed by atoms with Crippen LogP contribution in [0.4, 0.5) is 0 Å². The standard InChI is InChI=1S/C55H31N/c1-3-14-32(15-4-1)49-44-26-13-29-56-55(44)50(33-16-5-2-6-17-33)54-43-28-27-38(40-23-12-25-42(52(40)43)53(49)54)45-30-47-41-24-11-22-39-34-18-7-10-21-37(34)48(51(39)41)31-46(47)36-20-9-8-19-35(36)45/h1-31H. The van der Waals surface area contributed by atoms with Crippen molar-refractivity contribution in [2.45, 2.75) is 0 Å². The topological polar surface area (TPSA) is 12.9 Å². The molecule has 0 bridgehead atoms. The van der Waals surface area contributed by atoms with Gasteiger partial charge >= 0.3 is 0 Å². The average Bonchev–Trinajstić information content (AvgIpc) is 3.77. The molecule has 0 atom stereocenters. The predicted octanol–water partition coefficient (Wildman–Crippen LogP) is 15.1. The fourth-order valence-corrected chi connectivity index (χ4v) is 10.4. The Balaban J connectivity index is 1.15. The molecule has 0 aliphatic heterocycles. The molecule has 1 heterocycles. The lowest BCUT2D eigenvalue weighted by Crippen LogP contribution is -1.95. The van der Waals surface area contributed by atoms with Gasteiger partial charge in [0.25, 0.3) is 0 Å². The Morgan fingerprint density at radius 1 is 0.250 bits per heavy atom. The maximum Gasteiger partial charge on any atom is 0.0793 e. The molecule has 10 aromatic carbocycles. The molecule has 13 rings (SSSR count). The molecule has 0 N–H and O–H groups in total. The smallest absolute Gasteiger partial charge is 0.0793 e. The maximum atomic E-state index is 5.13. The maximum absolute atomic E-state index is 5.13. The number of aromatic nitrogens is 1. The number of rotatable bonds is 3. The van der Waals surface area contributed by atoms with Crippen molar-refractivity contribution in [3.05, 3.63) is 188 Å². The molecule has 11 aromatic rings. The Labute approximate surface area is 323 Å². The molecular formula is C55H31N. The van der Waals surface area contributed by atoms with Gasteiger partial charge in [0.2, 0.25) is 0 Å². The van der Waals surface area contributed by atoms with E-state index in [2.05, 4.69) is 182 Å². The van der Waals surface area contributed by atoms with Gasteiger partial charge in [0.05, 0.1) is 5.52 Å². The Hall–Kier alpha value is -7.35. The summed E-state index contributed by atoms with van der Waals surface area (Å²) in [5.41, 5.74) is 18.8. The quantitative estimate of drug-likeness (QED) is 0.167. The van der Waals surface area contributed by atoms with E-state index in [1.54, 1.807) is 0 Å². The fraction of sp³-hybridized carbons (Fsp3) is 0. The highest BCUT2D eigenvalue weighted by atomic mass is 14.7. The van der Waals surface area contributed by atoms with Crippen molar-refractivity contribution in [1.29, 1.82) is 0 Å². The van der Waals surface area contributed by atoms with Crippen molar-refractivity contribution in [3.63, 3.8) is 0 Å². The molecule has 0 amide bonds. The second kappa shape index (κ2) is 11.1. The zero-order chi connectivity index (χ0) is 36.5. The van der Waals surface area contributed by atoms with Gasteiger partial charge in [0.1, 0.15) is 0 Å². The van der Waals surface area contributed by atoms with Crippen molar-refractivity contribution in [2.75, 3.05) is 0 Å². The van der Waals surface area contributed by atoms with E-state index in [1.165, 1.54) is 126 Å². The first kappa shape index (κ1) is 30.0. The largest absolute Gasteiger partial charge is 0.256 e. The normalized spacial score (nSPS) is 12.3. The summed E-state index contributed by atoms with van der Waals surface area (Å²) in [6.45, 7) is 0. The van der Waals surface area contributed by atoms with Crippen LogP contribution in [0.5, 0.6) is 0 Å². The van der Waals surface area contributed by atoms with Crippen LogP contribution in [0.15, 0.2) is 188 Å². The number of nitrogens with zero attached hydrogens (tertiary/aromatic N) is 1. The van der Waals surface area contributed by atoms with Gasteiger partial charge in [-0.3, -0.25) is 4.98 Å². The van der Waals surface area contributed by atoms with E-state index in [-0.39, 0.29) is 0 Å². The third kappa shape index (κ3) is 3.86. The van der Waals surface area contributed by atoms with Crippen molar-refractivity contribution in [1.82, 2.24) is 4.98 Å². The lowest BCUT2D eigenvalue weighted by Gasteiger charge is -2.19. The second-order valence-corrected chi connectivity index (χ2v) is 15.3. The first-order valence-electron chi connectivity index (χ1n) is 19.5. The van der Waals surface area contributed by atoms with Gasteiger partial charge in [0.15, 0.2) is 0 Å². The van der Waals surface area contributed by atoms with Crippen molar-refractivity contribution in [2.24, 2.45) is 0 Å². The number of hydrogen-bond donors (Lipinski definition) is 0. The van der Waals surface area contributed by atoms with Crippen LogP contribution in [0.3, 0.4) is 0 Å². The van der Waals surface area contributed by atoms with Crippen LogP contribution in [0.25, 0.3) is 132 Å². The van der Waals surface area contributed by atoms with E-state index in [4.69, 9.17) is 4.98 Å². The Morgan fingerprint density at radius 2 is 0.768 bits per heavy atom. The van der Waals surface area contributed by atoms with Crippen LogP contribution in [0, 0.1) is 0 Å². The summed E-state index contributed by atoms with van der Waals surface area (Å²) < 4.78 is 0. The molecule has 2 aliphatic carbocycles. The average molecular weight is 706 g/mol. The highest BCUT2D eigenvalue weighted by Gasteiger charge is 2.32. The van der Waals surface area contributed by atoms with Crippen LogP contribution in [0.1, 0.15) is 0 Å². The molecule has 0 fully saturated rings. The molecule has 1 heteroatoms. The zero-order valence-corrected chi connectivity index (χ0v) is 30.3. The van der Waals surface area contributed by atoms with E-state index in [0.29, 0.717) is 0 Å². The van der Waals surface area contributed by atoms with Crippen LogP contribution in [-0.2, 0) is 0 Å². The lowest BCUT2D eigenvalue weighted by atomic mass is 9.84. The SMILES string of the molecule is c1ccc(-c2c3c(c(-c4ccccc4)c4ncccc24)-c2ccc(-c4cc5c6cccc7c6c(cc5c5ccccc45)-c4ccccc4-7)c4cccc-3c24)cc1. The molecular weight excluding hydrogens is 675 g/mol. The minimum absolute atomic E-state index is 1.03. The summed E-state index contributed by atoms with van der Waals surface area (Å²) >= 11 is 0. The Morgan fingerprint density at radius 3 is 1.57 bits per heavy atom. The molecule has 0 saturated heterocycles. The molecule has 1 aromatic heterocycles. The minimum atomic E-state index is 1.03. The van der Waals surface area contributed by atoms with Gasteiger partial charge in [0, 0.05) is 22.7 Å². The van der Waals surface area contributed by atoms with Gasteiger partial charge in [-0.15, -0.1) is 0 Å². The molecule has 0 radical (unpaired) electrons. The highest BCUT2D eigenvalue weighted by Crippen LogP contribution is 2.59. The monoisotopic (exact) mass is 705 g/mol. The number of fused-ring (bicyclic) bond motifs is 11. The molecule has 2 aliphatic rings. The summed E-state index contributed by atoms with van der Waals surface area (Å²) in [7, 11) is 0. The third-order valence-electron chi connectivity index (χ3n) is 12.6. The molecule has 0 saturated carbocycles. The van der Waals surface area contributed by atoms with Crippen LogP contribution in [0.2, 0.25) is 0 Å². The minimum Gasteiger partial charge on any atom is -0.256 e. The molecule has 1 nitrogen and oxygen atoms in total. The van der Waals surface area contributed by atoms with Crippen LogP contribution >= 0.6 is 0 Å². The molecule has 0 spiro atoms.